The van der Waals surface area contributed by atoms with Crippen molar-refractivity contribution >= 4 is 38.2 Å². The van der Waals surface area contributed by atoms with E-state index in [-0.39, 0.29) is 12.3 Å². The van der Waals surface area contributed by atoms with E-state index < -0.39 is 0 Å². The summed E-state index contributed by atoms with van der Waals surface area (Å²) in [6.07, 6.45) is 0.243. The van der Waals surface area contributed by atoms with E-state index in [2.05, 4.69) is 4.99 Å². The molecular weight excluding hydrogens is 412 g/mol. The first-order valence-electron chi connectivity index (χ1n) is 9.93. The van der Waals surface area contributed by atoms with Crippen molar-refractivity contribution in [1.29, 1.82) is 0 Å². The number of aromatic nitrogens is 1. The summed E-state index contributed by atoms with van der Waals surface area (Å²) in [4.78, 5) is 18.0. The zero-order chi connectivity index (χ0) is 21.8. The van der Waals surface area contributed by atoms with Crippen molar-refractivity contribution in [3.63, 3.8) is 0 Å². The highest BCUT2D eigenvalue weighted by Crippen LogP contribution is 2.33. The molecule has 0 saturated carbocycles. The maximum absolute atomic E-state index is 12.9. The maximum Gasteiger partial charge on any atom is 0.252 e. The molecule has 0 aliphatic rings. The summed E-state index contributed by atoms with van der Waals surface area (Å²) in [6.45, 7) is 1.08. The number of carbonyl (C=O) groups is 1. The Kier molecular flexibility index (Phi) is 6.34. The Morgan fingerprint density at radius 1 is 1.00 bits per heavy atom. The zero-order valence-electron chi connectivity index (χ0n) is 17.8. The van der Waals surface area contributed by atoms with Gasteiger partial charge in [0.25, 0.3) is 5.91 Å². The van der Waals surface area contributed by atoms with Crippen molar-refractivity contribution in [2.75, 3.05) is 27.9 Å². The molecule has 0 radical (unpaired) electrons. The van der Waals surface area contributed by atoms with Crippen molar-refractivity contribution < 1.29 is 19.0 Å². The predicted octanol–water partition coefficient (Wildman–Crippen LogP) is 4.19. The summed E-state index contributed by atoms with van der Waals surface area (Å²) in [5.74, 6) is 1.09. The van der Waals surface area contributed by atoms with E-state index in [1.54, 1.807) is 21.3 Å². The molecule has 1 heterocycles. The van der Waals surface area contributed by atoms with E-state index in [1.165, 1.54) is 11.3 Å². The van der Waals surface area contributed by atoms with Crippen LogP contribution in [0.5, 0.6) is 11.5 Å². The Balaban J connectivity index is 1.76. The lowest BCUT2D eigenvalue weighted by Gasteiger charge is -2.09. The van der Waals surface area contributed by atoms with Crippen LogP contribution in [0.4, 0.5) is 0 Å². The monoisotopic (exact) mass is 436 g/mol. The number of benzene rings is 3. The summed E-state index contributed by atoms with van der Waals surface area (Å²) in [6, 6.07) is 17.9. The second-order valence-electron chi connectivity index (χ2n) is 7.02. The number of fused-ring (bicyclic) bond motifs is 2. The molecule has 1 amide bonds. The summed E-state index contributed by atoms with van der Waals surface area (Å²) in [5, 5.41) is 2.19. The van der Waals surface area contributed by atoms with Gasteiger partial charge in [-0.15, -0.1) is 0 Å². The fraction of sp³-hybridized carbons (Fsp3) is 0.250. The van der Waals surface area contributed by atoms with Crippen LogP contribution < -0.4 is 14.3 Å². The molecule has 160 valence electrons. The smallest absolute Gasteiger partial charge is 0.252 e. The largest absolute Gasteiger partial charge is 0.493 e. The molecule has 3 aromatic carbocycles. The van der Waals surface area contributed by atoms with Crippen LogP contribution in [0.25, 0.3) is 21.0 Å². The van der Waals surface area contributed by atoms with Gasteiger partial charge in [-0.1, -0.05) is 53.8 Å². The van der Waals surface area contributed by atoms with Gasteiger partial charge in [-0.2, -0.15) is 4.99 Å². The Hall–Kier alpha value is -3.16. The summed E-state index contributed by atoms with van der Waals surface area (Å²) in [7, 11) is 4.87. The van der Waals surface area contributed by atoms with Crippen LogP contribution in [-0.2, 0) is 22.5 Å². The minimum absolute atomic E-state index is 0.187. The number of carbonyl (C=O) groups excluding carboxylic acids is 1. The summed E-state index contributed by atoms with van der Waals surface area (Å²) in [5.41, 5.74) is 1.90. The highest BCUT2D eigenvalue weighted by molar-refractivity contribution is 7.16. The normalized spacial score (nSPS) is 11.9. The minimum atomic E-state index is -0.187. The van der Waals surface area contributed by atoms with Gasteiger partial charge < -0.3 is 18.8 Å². The van der Waals surface area contributed by atoms with Gasteiger partial charge >= 0.3 is 0 Å². The Labute approximate surface area is 184 Å². The standard InChI is InChI=1S/C24H24N2O4S/c1-28-12-11-26-19-14-20(29-2)21(30-3)15-22(19)31-24(26)25-23(27)13-17-9-6-8-16-7-4-5-10-18(16)17/h4-10,14-15H,11-13H2,1-3H3. The molecule has 7 heteroatoms. The third-order valence-electron chi connectivity index (χ3n) is 5.15. The molecule has 4 aromatic rings. The van der Waals surface area contributed by atoms with Gasteiger partial charge in [-0.3, -0.25) is 4.79 Å². The molecule has 0 aliphatic heterocycles. The lowest BCUT2D eigenvalue weighted by Crippen LogP contribution is -2.19. The molecule has 6 nitrogen and oxygen atoms in total. The molecular formula is C24H24N2O4S. The zero-order valence-corrected chi connectivity index (χ0v) is 18.6. The van der Waals surface area contributed by atoms with Gasteiger partial charge in [-0.25, -0.2) is 0 Å². The van der Waals surface area contributed by atoms with Crippen molar-refractivity contribution in [1.82, 2.24) is 4.57 Å². The molecule has 0 saturated heterocycles. The second-order valence-corrected chi connectivity index (χ2v) is 8.03. The van der Waals surface area contributed by atoms with Gasteiger partial charge in [0, 0.05) is 25.8 Å². The first-order chi connectivity index (χ1) is 15.1. The highest BCUT2D eigenvalue weighted by Gasteiger charge is 2.14. The molecule has 0 aliphatic carbocycles. The third-order valence-corrected chi connectivity index (χ3v) is 6.19. The van der Waals surface area contributed by atoms with Crippen molar-refractivity contribution in [3.05, 3.63) is 65.0 Å². The van der Waals surface area contributed by atoms with Crippen molar-refractivity contribution in [2.45, 2.75) is 13.0 Å². The first kappa shape index (κ1) is 21.1. The lowest BCUT2D eigenvalue weighted by atomic mass is 10.0. The van der Waals surface area contributed by atoms with Crippen LogP contribution in [0.15, 0.2) is 59.6 Å². The molecule has 0 spiro atoms. The van der Waals surface area contributed by atoms with E-state index in [4.69, 9.17) is 14.2 Å². The summed E-state index contributed by atoms with van der Waals surface area (Å²) >= 11 is 1.45. The van der Waals surface area contributed by atoms with Crippen LogP contribution in [0.2, 0.25) is 0 Å². The number of nitrogens with zero attached hydrogens (tertiary/aromatic N) is 2. The molecule has 31 heavy (non-hydrogen) atoms. The van der Waals surface area contributed by atoms with E-state index in [9.17, 15) is 4.79 Å². The van der Waals surface area contributed by atoms with Gasteiger partial charge in [0.1, 0.15) is 0 Å². The molecule has 0 bridgehead atoms. The minimum Gasteiger partial charge on any atom is -0.493 e. The fourth-order valence-electron chi connectivity index (χ4n) is 3.64. The molecule has 0 atom stereocenters. The number of hydrogen-bond acceptors (Lipinski definition) is 5. The molecule has 4 rings (SSSR count). The fourth-order valence-corrected chi connectivity index (χ4v) is 4.72. The number of rotatable bonds is 7. The Bertz CT molecular complexity index is 1300. The number of methoxy groups -OCH3 is 3. The van der Waals surface area contributed by atoms with Gasteiger partial charge in [0.2, 0.25) is 0 Å². The quantitative estimate of drug-likeness (QED) is 0.436. The van der Waals surface area contributed by atoms with Crippen molar-refractivity contribution in [3.8, 4) is 11.5 Å². The maximum atomic E-state index is 12.9. The average Bonchev–Trinajstić information content (AvgIpc) is 3.12. The Morgan fingerprint density at radius 2 is 1.74 bits per heavy atom. The SMILES string of the molecule is COCCn1c(=NC(=O)Cc2cccc3ccccc23)sc2cc(OC)c(OC)cc21. The van der Waals surface area contributed by atoms with Gasteiger partial charge in [-0.05, 0) is 16.3 Å². The Morgan fingerprint density at radius 3 is 2.52 bits per heavy atom. The van der Waals surface area contributed by atoms with Crippen LogP contribution in [0.3, 0.4) is 0 Å². The third kappa shape index (κ3) is 4.33. The highest BCUT2D eigenvalue weighted by atomic mass is 32.1. The van der Waals surface area contributed by atoms with E-state index >= 15 is 0 Å². The lowest BCUT2D eigenvalue weighted by molar-refractivity contribution is -0.117. The molecule has 0 unspecified atom stereocenters. The van der Waals surface area contributed by atoms with E-state index in [0.29, 0.717) is 29.5 Å². The van der Waals surface area contributed by atoms with Gasteiger partial charge in [0.15, 0.2) is 16.3 Å². The molecule has 0 fully saturated rings. The van der Waals surface area contributed by atoms with Crippen LogP contribution in [-0.4, -0.2) is 38.4 Å². The topological polar surface area (TPSA) is 62.1 Å². The number of amides is 1. The predicted molar refractivity (Wildman–Crippen MR) is 123 cm³/mol. The van der Waals surface area contributed by atoms with E-state index in [1.807, 2.05) is 59.2 Å². The van der Waals surface area contributed by atoms with Crippen LogP contribution in [0, 0.1) is 0 Å². The summed E-state index contributed by atoms with van der Waals surface area (Å²) < 4.78 is 19.1. The molecule has 0 N–H and O–H groups in total. The first-order valence-corrected chi connectivity index (χ1v) is 10.7. The van der Waals surface area contributed by atoms with Crippen LogP contribution >= 0.6 is 11.3 Å². The van der Waals surface area contributed by atoms with E-state index in [0.717, 1.165) is 26.6 Å². The molecule has 1 aromatic heterocycles. The van der Waals surface area contributed by atoms with Crippen LogP contribution in [0.1, 0.15) is 5.56 Å². The number of ether oxygens (including phenoxy) is 3. The van der Waals surface area contributed by atoms with Gasteiger partial charge in [0.05, 0.1) is 37.5 Å². The number of hydrogen-bond donors (Lipinski definition) is 0. The number of thiazole rings is 1. The average molecular weight is 437 g/mol. The second kappa shape index (κ2) is 9.32. The van der Waals surface area contributed by atoms with Crippen molar-refractivity contribution in [2.24, 2.45) is 4.99 Å².